The molecular formula is C17H11F2I2O5-. The number of halogens is 4. The molecule has 0 aromatic heterocycles. The first-order valence-corrected chi connectivity index (χ1v) is 9.22. The Morgan fingerprint density at radius 3 is 2.31 bits per heavy atom. The summed E-state index contributed by atoms with van der Waals surface area (Å²) in [6.07, 6.45) is -2.35. The molecule has 0 heterocycles. The van der Waals surface area contributed by atoms with Gasteiger partial charge in [-0.25, -0.2) is 4.79 Å². The molecule has 0 aliphatic carbocycles. The SMILES string of the molecule is COc1c(I)cc(I)cc1C(=O)OC(c1ccccc1)C(F)(F)C(=O)[O-]. The molecule has 0 saturated carbocycles. The van der Waals surface area contributed by atoms with Gasteiger partial charge in [-0.1, -0.05) is 30.3 Å². The molecule has 0 spiro atoms. The van der Waals surface area contributed by atoms with Gasteiger partial charge in [0.05, 0.1) is 10.7 Å². The number of carboxylic acids is 1. The van der Waals surface area contributed by atoms with E-state index in [1.54, 1.807) is 12.1 Å². The van der Waals surface area contributed by atoms with Crippen LogP contribution in [0.5, 0.6) is 5.75 Å². The maximum atomic E-state index is 14.1. The molecule has 138 valence electrons. The van der Waals surface area contributed by atoms with Crippen LogP contribution < -0.4 is 9.84 Å². The molecule has 0 radical (unpaired) electrons. The van der Waals surface area contributed by atoms with E-state index in [0.717, 1.165) is 0 Å². The Kier molecular flexibility index (Phi) is 6.77. The fourth-order valence-corrected chi connectivity index (χ4v) is 4.24. The van der Waals surface area contributed by atoms with Gasteiger partial charge in [-0.3, -0.25) is 0 Å². The van der Waals surface area contributed by atoms with Crippen LogP contribution in [0, 0.1) is 7.14 Å². The summed E-state index contributed by atoms with van der Waals surface area (Å²) < 4.78 is 39.6. The maximum absolute atomic E-state index is 14.1. The van der Waals surface area contributed by atoms with Gasteiger partial charge in [0.1, 0.15) is 17.3 Å². The number of ether oxygens (including phenoxy) is 2. The summed E-state index contributed by atoms with van der Waals surface area (Å²) in [5.74, 6) is -8.03. The number of carbonyl (C=O) groups is 2. The van der Waals surface area contributed by atoms with Crippen molar-refractivity contribution in [3.8, 4) is 5.75 Å². The number of rotatable bonds is 6. The number of aliphatic carboxylic acids is 1. The maximum Gasteiger partial charge on any atom is 0.342 e. The predicted molar refractivity (Wildman–Crippen MR) is 103 cm³/mol. The van der Waals surface area contributed by atoms with Crippen molar-refractivity contribution in [1.82, 2.24) is 0 Å². The third kappa shape index (κ3) is 4.42. The molecule has 0 fully saturated rings. The zero-order chi connectivity index (χ0) is 19.5. The van der Waals surface area contributed by atoms with Crippen molar-refractivity contribution in [3.05, 3.63) is 60.7 Å². The average molecular weight is 587 g/mol. The van der Waals surface area contributed by atoms with Gasteiger partial charge in [-0.2, -0.15) is 8.78 Å². The molecule has 0 aliphatic rings. The third-order valence-corrected chi connectivity index (χ3v) is 4.79. The minimum Gasteiger partial charge on any atom is -0.544 e. The van der Waals surface area contributed by atoms with Crippen LogP contribution in [0.4, 0.5) is 8.78 Å². The highest BCUT2D eigenvalue weighted by atomic mass is 127. The number of hydrogen-bond donors (Lipinski definition) is 0. The van der Waals surface area contributed by atoms with Gasteiger partial charge in [0.2, 0.25) is 0 Å². The lowest BCUT2D eigenvalue weighted by molar-refractivity contribution is -0.336. The number of hydrogen-bond acceptors (Lipinski definition) is 5. The minimum atomic E-state index is -4.42. The third-order valence-electron chi connectivity index (χ3n) is 3.36. The second-order valence-corrected chi connectivity index (χ2v) is 7.48. The van der Waals surface area contributed by atoms with Crippen LogP contribution in [-0.4, -0.2) is 25.0 Å². The normalized spacial score (nSPS) is 12.3. The zero-order valence-corrected chi connectivity index (χ0v) is 17.5. The van der Waals surface area contributed by atoms with Crippen molar-refractivity contribution >= 4 is 57.1 Å². The van der Waals surface area contributed by atoms with E-state index in [1.807, 2.05) is 45.2 Å². The van der Waals surface area contributed by atoms with Crippen LogP contribution in [0.2, 0.25) is 0 Å². The molecular weight excluding hydrogens is 576 g/mol. The van der Waals surface area contributed by atoms with E-state index in [-0.39, 0.29) is 16.9 Å². The second-order valence-electron chi connectivity index (χ2n) is 5.07. The number of benzene rings is 2. The summed E-state index contributed by atoms with van der Waals surface area (Å²) in [6, 6.07) is 10.0. The van der Waals surface area contributed by atoms with Gasteiger partial charge >= 0.3 is 11.9 Å². The monoisotopic (exact) mass is 587 g/mol. The first-order chi connectivity index (χ1) is 12.2. The highest BCUT2D eigenvalue weighted by molar-refractivity contribution is 14.1. The van der Waals surface area contributed by atoms with Gasteiger partial charge in [-0.05, 0) is 62.9 Å². The Labute approximate surface area is 175 Å². The highest BCUT2D eigenvalue weighted by Crippen LogP contribution is 2.36. The molecule has 0 aliphatic heterocycles. The van der Waals surface area contributed by atoms with E-state index in [4.69, 9.17) is 9.47 Å². The molecule has 0 bridgehead atoms. The van der Waals surface area contributed by atoms with E-state index in [0.29, 0.717) is 7.14 Å². The van der Waals surface area contributed by atoms with Gasteiger partial charge in [0, 0.05) is 3.57 Å². The summed E-state index contributed by atoms with van der Waals surface area (Å²) in [5, 5.41) is 10.9. The molecule has 0 saturated heterocycles. The topological polar surface area (TPSA) is 75.7 Å². The number of carbonyl (C=O) groups excluding carboxylic acids is 2. The van der Waals surface area contributed by atoms with Crippen molar-refractivity contribution in [2.75, 3.05) is 7.11 Å². The largest absolute Gasteiger partial charge is 0.544 e. The van der Waals surface area contributed by atoms with Crippen LogP contribution in [0.25, 0.3) is 0 Å². The van der Waals surface area contributed by atoms with Crippen molar-refractivity contribution in [1.29, 1.82) is 0 Å². The quantitative estimate of drug-likeness (QED) is 0.384. The Morgan fingerprint density at radius 2 is 1.77 bits per heavy atom. The van der Waals surface area contributed by atoms with Crippen LogP contribution in [0.3, 0.4) is 0 Å². The average Bonchev–Trinajstić information content (AvgIpc) is 2.59. The fourth-order valence-electron chi connectivity index (χ4n) is 2.18. The lowest BCUT2D eigenvalue weighted by atomic mass is 10.0. The van der Waals surface area contributed by atoms with E-state index < -0.39 is 24.0 Å². The second kappa shape index (κ2) is 8.46. The molecule has 0 amide bonds. The first kappa shape index (κ1) is 20.8. The molecule has 1 atom stereocenters. The zero-order valence-electron chi connectivity index (χ0n) is 13.2. The molecule has 26 heavy (non-hydrogen) atoms. The summed E-state index contributed by atoms with van der Waals surface area (Å²) in [5.41, 5.74) is -0.256. The molecule has 0 N–H and O–H groups in total. The van der Waals surface area contributed by atoms with Gasteiger partial charge in [-0.15, -0.1) is 0 Å². The molecule has 2 aromatic rings. The fraction of sp³-hybridized carbons (Fsp3) is 0.176. The van der Waals surface area contributed by atoms with E-state index >= 15 is 0 Å². The Morgan fingerprint density at radius 1 is 1.15 bits per heavy atom. The Hall–Kier alpha value is -1.50. The lowest BCUT2D eigenvalue weighted by Gasteiger charge is -2.28. The number of alkyl halides is 2. The standard InChI is InChI=1S/C17H12F2I2O5/c1-25-13-11(7-10(20)8-12(13)21)15(22)26-14(17(18,19)16(23)24)9-5-3-2-4-6-9/h2-8,14H,1H3,(H,23,24)/p-1. The summed E-state index contributed by atoms with van der Waals surface area (Å²) in [7, 11) is 1.32. The smallest absolute Gasteiger partial charge is 0.342 e. The minimum absolute atomic E-state index is 0.0844. The van der Waals surface area contributed by atoms with Crippen molar-refractivity contribution in [2.24, 2.45) is 0 Å². The van der Waals surface area contributed by atoms with E-state index in [9.17, 15) is 23.5 Å². The molecule has 2 aromatic carbocycles. The first-order valence-electron chi connectivity index (χ1n) is 7.06. The molecule has 5 nitrogen and oxygen atoms in total. The Bertz CT molecular complexity index is 827. The van der Waals surface area contributed by atoms with E-state index in [2.05, 4.69) is 0 Å². The van der Waals surface area contributed by atoms with Crippen LogP contribution in [0.15, 0.2) is 42.5 Å². The van der Waals surface area contributed by atoms with Crippen LogP contribution in [-0.2, 0) is 9.53 Å². The summed E-state index contributed by atoms with van der Waals surface area (Å²) >= 11 is 3.88. The number of methoxy groups -OCH3 is 1. The lowest BCUT2D eigenvalue weighted by Crippen LogP contribution is -2.47. The van der Waals surface area contributed by atoms with Gasteiger partial charge in [0.15, 0.2) is 6.10 Å². The molecule has 1 unspecified atom stereocenters. The summed E-state index contributed by atoms with van der Waals surface area (Å²) in [4.78, 5) is 23.4. The molecule has 2 rings (SSSR count). The van der Waals surface area contributed by atoms with Crippen molar-refractivity contribution < 1.29 is 33.0 Å². The predicted octanol–water partition coefficient (Wildman–Crippen LogP) is 3.19. The summed E-state index contributed by atoms with van der Waals surface area (Å²) in [6.45, 7) is 0. The van der Waals surface area contributed by atoms with Gasteiger partial charge < -0.3 is 19.4 Å². The van der Waals surface area contributed by atoms with Gasteiger partial charge in [0.25, 0.3) is 0 Å². The number of esters is 1. The Balaban J connectivity index is 2.47. The van der Waals surface area contributed by atoms with E-state index in [1.165, 1.54) is 37.4 Å². The number of carboxylic acid groups (broad SMARTS) is 1. The van der Waals surface area contributed by atoms with Crippen LogP contribution in [0.1, 0.15) is 22.0 Å². The van der Waals surface area contributed by atoms with Crippen LogP contribution >= 0.6 is 45.2 Å². The van der Waals surface area contributed by atoms with Crippen molar-refractivity contribution in [3.63, 3.8) is 0 Å². The molecule has 9 heteroatoms. The van der Waals surface area contributed by atoms with Crippen molar-refractivity contribution in [2.45, 2.75) is 12.0 Å². The highest BCUT2D eigenvalue weighted by Gasteiger charge is 2.45.